The Morgan fingerprint density at radius 3 is 2.23 bits per heavy atom. The highest BCUT2D eigenvalue weighted by atomic mass is 32.2. The lowest BCUT2D eigenvalue weighted by atomic mass is 10.00. The van der Waals surface area contributed by atoms with Crippen LogP contribution in [0.15, 0.2) is 119 Å². The average Bonchev–Trinajstić information content (AvgIpc) is 3.60. The maximum absolute atomic E-state index is 14.4. The lowest BCUT2D eigenvalue weighted by Crippen LogP contribution is -2.14. The first-order valence-corrected chi connectivity index (χ1v) is 14.6. The maximum atomic E-state index is 14.4. The van der Waals surface area contributed by atoms with Gasteiger partial charge in [0.2, 0.25) is 5.00 Å². The molecule has 0 amide bonds. The van der Waals surface area contributed by atoms with E-state index in [0.717, 1.165) is 5.39 Å². The summed E-state index contributed by atoms with van der Waals surface area (Å²) in [5, 5.41) is 12.4. The van der Waals surface area contributed by atoms with Crippen molar-refractivity contribution >= 4 is 43.2 Å². The third-order valence-electron chi connectivity index (χ3n) is 6.73. The van der Waals surface area contributed by atoms with Gasteiger partial charge in [-0.15, -0.1) is 0 Å². The first kappa shape index (κ1) is 25.3. The zero-order chi connectivity index (χ0) is 27.9. The molecule has 0 saturated carbocycles. The van der Waals surface area contributed by atoms with Crippen LogP contribution in [0.3, 0.4) is 0 Å². The fourth-order valence-corrected chi connectivity index (χ4v) is 7.16. The molecular weight excluding hydrogens is 540 g/mol. The number of thiophene rings is 1. The second-order valence-electron chi connectivity index (χ2n) is 9.04. The van der Waals surface area contributed by atoms with Gasteiger partial charge in [0.05, 0.1) is 28.2 Å². The Balaban J connectivity index is 1.59. The normalized spacial score (nSPS) is 11.4. The molecule has 2 aromatic heterocycles. The molecule has 6 nitrogen and oxygen atoms in total. The summed E-state index contributed by atoms with van der Waals surface area (Å²) >= 11 is 1.32. The summed E-state index contributed by atoms with van der Waals surface area (Å²) in [6.45, 7) is 7.70. The van der Waals surface area contributed by atoms with Crippen LogP contribution >= 0.6 is 11.3 Å². The number of benzene rings is 4. The predicted octanol–water partition coefficient (Wildman–Crippen LogP) is 8.19. The minimum Gasteiger partial charge on any atom is -0.478 e. The molecule has 4 aromatic carbocycles. The van der Waals surface area contributed by atoms with Crippen molar-refractivity contribution in [2.24, 2.45) is 0 Å². The number of para-hydroxylation sites is 1. The van der Waals surface area contributed by atoms with E-state index in [1.165, 1.54) is 33.5 Å². The zero-order valence-corrected chi connectivity index (χ0v) is 22.5. The van der Waals surface area contributed by atoms with E-state index in [0.29, 0.717) is 44.0 Å². The summed E-state index contributed by atoms with van der Waals surface area (Å²) in [7, 11) is -4.11. The number of carboxylic acid groups (broad SMARTS) is 1. The molecule has 6 rings (SSSR count). The van der Waals surface area contributed by atoms with Crippen molar-refractivity contribution in [3.63, 3.8) is 0 Å². The van der Waals surface area contributed by atoms with Crippen molar-refractivity contribution in [2.75, 3.05) is 0 Å². The summed E-state index contributed by atoms with van der Waals surface area (Å²) in [5.74, 6) is -1.03. The van der Waals surface area contributed by atoms with Gasteiger partial charge in [0, 0.05) is 16.5 Å². The Morgan fingerprint density at radius 1 is 0.800 bits per heavy atom. The van der Waals surface area contributed by atoms with E-state index < -0.39 is 16.0 Å². The third-order valence-corrected chi connectivity index (χ3v) is 9.26. The largest absolute Gasteiger partial charge is 0.478 e. The Morgan fingerprint density at radius 2 is 1.50 bits per heavy atom. The van der Waals surface area contributed by atoms with Crippen LogP contribution in [0, 0.1) is 6.57 Å². The van der Waals surface area contributed by atoms with Crippen molar-refractivity contribution in [1.29, 1.82) is 0 Å². The highest BCUT2D eigenvalue weighted by Crippen LogP contribution is 2.47. The second-order valence-corrected chi connectivity index (χ2v) is 11.7. The van der Waals surface area contributed by atoms with Crippen molar-refractivity contribution in [2.45, 2.75) is 4.90 Å². The summed E-state index contributed by atoms with van der Waals surface area (Å²) in [5.41, 5.74) is 4.62. The Labute approximate surface area is 234 Å². The maximum Gasteiger partial charge on any atom is 0.335 e. The first-order valence-electron chi connectivity index (χ1n) is 12.2. The van der Waals surface area contributed by atoms with Gasteiger partial charge in [0.15, 0.2) is 0 Å². The molecule has 2 heterocycles. The number of carbonyl (C=O) groups is 1. The molecule has 0 saturated heterocycles. The van der Waals surface area contributed by atoms with Crippen LogP contribution in [0.5, 0.6) is 0 Å². The van der Waals surface area contributed by atoms with E-state index in [9.17, 15) is 18.3 Å². The van der Waals surface area contributed by atoms with Gasteiger partial charge in [0.25, 0.3) is 10.0 Å². The minimum absolute atomic E-state index is 0.0887. The monoisotopic (exact) mass is 560 g/mol. The van der Waals surface area contributed by atoms with Gasteiger partial charge in [-0.2, -0.15) is 11.3 Å². The van der Waals surface area contributed by atoms with E-state index in [1.54, 1.807) is 42.5 Å². The Bertz CT molecular complexity index is 2050. The van der Waals surface area contributed by atoms with Gasteiger partial charge in [-0.25, -0.2) is 22.0 Å². The molecular formula is C32H20N2O4S2. The summed E-state index contributed by atoms with van der Waals surface area (Å²) in [4.78, 5) is 15.2. The fraction of sp³-hybridized carbons (Fsp3) is 0. The van der Waals surface area contributed by atoms with Crippen molar-refractivity contribution in [3.8, 4) is 33.5 Å². The van der Waals surface area contributed by atoms with Gasteiger partial charge in [-0.1, -0.05) is 78.9 Å². The molecule has 0 aliphatic rings. The highest BCUT2D eigenvalue weighted by Gasteiger charge is 2.29. The molecule has 8 heteroatoms. The first-order chi connectivity index (χ1) is 19.4. The number of nitrogens with zero attached hydrogens (tertiary/aromatic N) is 2. The quantitative estimate of drug-likeness (QED) is 0.208. The lowest BCUT2D eigenvalue weighted by molar-refractivity contribution is 0.0697. The van der Waals surface area contributed by atoms with Crippen molar-refractivity contribution in [1.82, 2.24) is 3.97 Å². The molecule has 0 aliphatic carbocycles. The molecule has 194 valence electrons. The second kappa shape index (κ2) is 9.97. The van der Waals surface area contributed by atoms with Gasteiger partial charge in [0.1, 0.15) is 0 Å². The zero-order valence-electron chi connectivity index (χ0n) is 20.9. The summed E-state index contributed by atoms with van der Waals surface area (Å²) < 4.78 is 30.2. The molecule has 6 aromatic rings. The van der Waals surface area contributed by atoms with Crippen LogP contribution in [0.1, 0.15) is 10.4 Å². The van der Waals surface area contributed by atoms with Gasteiger partial charge in [-0.05, 0) is 52.4 Å². The SMILES string of the molecule is [C-]#[N+]c1sccc1-c1c(-c2ccccc2)n(S(=O)(=O)c2ccc(-c3cccc(C(=O)O)c3)cc2)c2ccccc12. The van der Waals surface area contributed by atoms with Crippen LogP contribution in [0.2, 0.25) is 0 Å². The third kappa shape index (κ3) is 4.18. The van der Waals surface area contributed by atoms with Crippen molar-refractivity contribution in [3.05, 3.63) is 132 Å². The Hall–Kier alpha value is -4.97. The minimum atomic E-state index is -4.11. The summed E-state index contributed by atoms with van der Waals surface area (Å²) in [6, 6.07) is 31.5. The molecule has 1 N–H and O–H groups in total. The van der Waals surface area contributed by atoms with Gasteiger partial charge in [-0.3, -0.25) is 0 Å². The van der Waals surface area contributed by atoms with Crippen molar-refractivity contribution < 1.29 is 18.3 Å². The van der Waals surface area contributed by atoms with Gasteiger partial charge < -0.3 is 5.11 Å². The topological polar surface area (TPSA) is 80.7 Å². The molecule has 0 aliphatic heterocycles. The molecule has 0 unspecified atom stereocenters. The molecule has 0 bridgehead atoms. The smallest absolute Gasteiger partial charge is 0.335 e. The van der Waals surface area contributed by atoms with E-state index in [-0.39, 0.29) is 10.5 Å². The number of hydrogen-bond acceptors (Lipinski definition) is 4. The number of aromatic nitrogens is 1. The van der Waals surface area contributed by atoms with E-state index in [4.69, 9.17) is 6.57 Å². The molecule has 40 heavy (non-hydrogen) atoms. The Kier molecular flexibility index (Phi) is 6.31. The van der Waals surface area contributed by atoms with Crippen LogP contribution in [0.25, 0.3) is 49.3 Å². The van der Waals surface area contributed by atoms with E-state index in [1.807, 2.05) is 53.9 Å². The van der Waals surface area contributed by atoms with Gasteiger partial charge >= 0.3 is 5.97 Å². The predicted molar refractivity (Wildman–Crippen MR) is 158 cm³/mol. The standard InChI is InChI=1S/C32H20N2O4S2/c1-33-31-27(18-19-39-31)29-26-12-5-6-13-28(26)34(30(29)22-8-3-2-4-9-22)40(37,38)25-16-14-21(15-17-25)23-10-7-11-24(20-23)32(35)36/h2-20H,(H,35,36). The highest BCUT2D eigenvalue weighted by molar-refractivity contribution is 7.90. The summed E-state index contributed by atoms with van der Waals surface area (Å²) in [6.07, 6.45) is 0. The molecule has 0 radical (unpaired) electrons. The molecule has 0 spiro atoms. The number of rotatable bonds is 6. The molecule has 0 fully saturated rings. The van der Waals surface area contributed by atoms with Crippen LogP contribution < -0.4 is 0 Å². The number of hydrogen-bond donors (Lipinski definition) is 1. The van der Waals surface area contributed by atoms with E-state index >= 15 is 0 Å². The lowest BCUT2D eigenvalue weighted by Gasteiger charge is -2.14. The number of carboxylic acids is 1. The number of fused-ring (bicyclic) bond motifs is 1. The van der Waals surface area contributed by atoms with Crippen LogP contribution in [-0.4, -0.2) is 23.5 Å². The fourth-order valence-electron chi connectivity index (χ4n) is 4.93. The average molecular weight is 561 g/mol. The van der Waals surface area contributed by atoms with E-state index in [2.05, 4.69) is 4.85 Å². The van der Waals surface area contributed by atoms with Crippen LogP contribution in [-0.2, 0) is 10.0 Å². The number of aromatic carboxylic acids is 1. The van der Waals surface area contributed by atoms with Crippen LogP contribution in [0.4, 0.5) is 5.00 Å². The molecule has 0 atom stereocenters.